The summed E-state index contributed by atoms with van der Waals surface area (Å²) in [5.41, 5.74) is 6.04. The molecule has 1 aliphatic heterocycles. The zero-order valence-corrected chi connectivity index (χ0v) is 19.9. The third kappa shape index (κ3) is 3.91. The maximum absolute atomic E-state index is 11.7. The minimum absolute atomic E-state index is 0.107. The Labute approximate surface area is 204 Å². The summed E-state index contributed by atoms with van der Waals surface area (Å²) < 4.78 is 0. The fourth-order valence-electron chi connectivity index (χ4n) is 4.22. The maximum Gasteiger partial charge on any atom is 0.356 e. The van der Waals surface area contributed by atoms with Crippen LogP contribution in [0.15, 0.2) is 35.0 Å². The number of carboxylic acids is 1. The van der Waals surface area contributed by atoms with Gasteiger partial charge in [-0.05, 0) is 59.5 Å². The number of carboxylic acid groups (broad SMARTS) is 1. The first kappa shape index (κ1) is 22.1. The number of rotatable bonds is 5. The normalized spacial score (nSPS) is 13.5. The molecule has 0 amide bonds. The van der Waals surface area contributed by atoms with Crippen molar-refractivity contribution in [2.75, 3.05) is 10.2 Å². The predicted octanol–water partition coefficient (Wildman–Crippen LogP) is 5.31. The van der Waals surface area contributed by atoms with Gasteiger partial charge in [0.05, 0.1) is 22.8 Å². The van der Waals surface area contributed by atoms with E-state index in [0.717, 1.165) is 11.1 Å². The van der Waals surface area contributed by atoms with E-state index in [1.807, 2.05) is 26.0 Å². The van der Waals surface area contributed by atoms with E-state index in [-0.39, 0.29) is 22.6 Å². The number of nitrogens with one attached hydrogen (secondary N) is 1. The lowest BCUT2D eigenvalue weighted by Gasteiger charge is -2.22. The molecule has 3 aromatic heterocycles. The summed E-state index contributed by atoms with van der Waals surface area (Å²) in [4.78, 5) is 27.2. The Kier molecular flexibility index (Phi) is 5.55. The first-order valence-electron chi connectivity index (χ1n) is 10.5. The molecule has 0 saturated carbocycles. The number of aryl methyl sites for hydroxylation is 1. The van der Waals surface area contributed by atoms with Crippen LogP contribution < -0.4 is 10.2 Å². The second-order valence-corrected chi connectivity index (χ2v) is 9.34. The summed E-state index contributed by atoms with van der Waals surface area (Å²) in [6.07, 6.45) is 0. The van der Waals surface area contributed by atoms with Gasteiger partial charge < -0.3 is 15.3 Å². The number of benzene rings is 1. The number of hydrogen-bond donors (Lipinski definition) is 2. The smallest absolute Gasteiger partial charge is 0.356 e. The first-order valence-corrected chi connectivity index (χ1v) is 11.8. The Balaban J connectivity index is 1.58. The summed E-state index contributed by atoms with van der Waals surface area (Å²) in [7, 11) is 0. The lowest BCUT2D eigenvalue weighted by Crippen LogP contribution is -2.19. The van der Waals surface area contributed by atoms with Crippen molar-refractivity contribution < 1.29 is 9.90 Å². The van der Waals surface area contributed by atoms with Gasteiger partial charge in [-0.25, -0.2) is 19.7 Å². The van der Waals surface area contributed by atoms with Crippen LogP contribution >= 0.6 is 22.9 Å². The zero-order chi connectivity index (χ0) is 24.0. The van der Waals surface area contributed by atoms with E-state index in [1.165, 1.54) is 11.1 Å². The van der Waals surface area contributed by atoms with Gasteiger partial charge in [-0.3, -0.25) is 0 Å². The number of hydrogen-bond acceptors (Lipinski definition) is 8. The van der Waals surface area contributed by atoms with Gasteiger partial charge in [0.2, 0.25) is 0 Å². The molecule has 10 heteroatoms. The number of carbonyl (C=O) groups is 1. The fourth-order valence-corrected chi connectivity index (χ4v) is 5.22. The zero-order valence-electron chi connectivity index (χ0n) is 18.3. The molecule has 0 unspecified atom stereocenters. The van der Waals surface area contributed by atoms with Gasteiger partial charge in [0.15, 0.2) is 17.2 Å². The molecular weight excluding hydrogens is 472 g/mol. The first-order chi connectivity index (χ1) is 16.3. The summed E-state index contributed by atoms with van der Waals surface area (Å²) in [6.45, 7) is 5.23. The molecule has 2 N–H and O–H groups in total. The predicted molar refractivity (Wildman–Crippen MR) is 131 cm³/mol. The van der Waals surface area contributed by atoms with E-state index in [0.29, 0.717) is 35.6 Å². The van der Waals surface area contributed by atoms with Crippen LogP contribution in [0, 0.1) is 18.3 Å². The number of aromatic carboxylic acids is 1. The molecule has 0 spiro atoms. The third-order valence-corrected chi connectivity index (χ3v) is 6.84. The Morgan fingerprint density at radius 1 is 1.24 bits per heavy atom. The summed E-state index contributed by atoms with van der Waals surface area (Å²) in [5.74, 6) is -0.624. The summed E-state index contributed by atoms with van der Waals surface area (Å²) in [6, 6.07) is 8.92. The Bertz CT molecular complexity index is 1470. The highest BCUT2D eigenvalue weighted by Crippen LogP contribution is 2.34. The van der Waals surface area contributed by atoms with Crippen LogP contribution in [0.2, 0.25) is 5.15 Å². The SMILES string of the molecule is Cc1cc([C@@H](C)Nc2ccc(Cl)nc2C(=O)O)c2nc(N3Cc4cscc4C3)c(C#N)nc2c1. The van der Waals surface area contributed by atoms with Crippen LogP contribution in [0.5, 0.6) is 0 Å². The number of aromatic nitrogens is 3. The molecule has 1 aliphatic rings. The van der Waals surface area contributed by atoms with Crippen LogP contribution in [0.3, 0.4) is 0 Å². The Morgan fingerprint density at radius 2 is 1.97 bits per heavy atom. The van der Waals surface area contributed by atoms with E-state index in [4.69, 9.17) is 16.6 Å². The fraction of sp³-hybridized carbons (Fsp3) is 0.208. The molecule has 0 bridgehead atoms. The minimum Gasteiger partial charge on any atom is -0.476 e. The average molecular weight is 491 g/mol. The van der Waals surface area contributed by atoms with Crippen molar-refractivity contribution in [2.45, 2.75) is 33.0 Å². The van der Waals surface area contributed by atoms with Crippen molar-refractivity contribution in [2.24, 2.45) is 0 Å². The Hall–Kier alpha value is -3.74. The molecule has 170 valence electrons. The van der Waals surface area contributed by atoms with Crippen molar-refractivity contribution in [1.29, 1.82) is 5.26 Å². The van der Waals surface area contributed by atoms with Crippen LogP contribution in [0.1, 0.15) is 51.4 Å². The number of halogens is 1. The van der Waals surface area contributed by atoms with Gasteiger partial charge in [-0.2, -0.15) is 16.6 Å². The van der Waals surface area contributed by atoms with Crippen molar-refractivity contribution in [3.8, 4) is 6.07 Å². The standard InChI is InChI=1S/C24H19ClN6O2S/c1-12-5-16(13(2)27-17-3-4-20(25)29-22(17)24(32)33)21-18(6-12)28-19(7-26)23(30-21)31-8-14-10-34-11-15(14)9-31/h3-6,10-11,13,27H,8-9H2,1-2H3,(H,32,33)/t13-/m1/s1. The van der Waals surface area contributed by atoms with Gasteiger partial charge >= 0.3 is 5.97 Å². The lowest BCUT2D eigenvalue weighted by molar-refractivity contribution is 0.0691. The highest BCUT2D eigenvalue weighted by Gasteiger charge is 2.26. The number of pyridine rings is 1. The Morgan fingerprint density at radius 3 is 2.65 bits per heavy atom. The van der Waals surface area contributed by atoms with Crippen molar-refractivity contribution in [3.05, 3.63) is 73.8 Å². The largest absolute Gasteiger partial charge is 0.476 e. The minimum atomic E-state index is -1.17. The van der Waals surface area contributed by atoms with Crippen molar-refractivity contribution in [1.82, 2.24) is 15.0 Å². The molecule has 4 aromatic rings. The number of thiophene rings is 1. The topological polar surface area (TPSA) is 115 Å². The van der Waals surface area contributed by atoms with Gasteiger partial charge in [-0.15, -0.1) is 0 Å². The maximum atomic E-state index is 11.7. The molecule has 5 rings (SSSR count). The molecule has 1 atom stereocenters. The number of nitriles is 1. The van der Waals surface area contributed by atoms with E-state index >= 15 is 0 Å². The highest BCUT2D eigenvalue weighted by atomic mass is 35.5. The average Bonchev–Trinajstić information content (AvgIpc) is 3.41. The molecule has 4 heterocycles. The van der Waals surface area contributed by atoms with E-state index < -0.39 is 5.97 Å². The lowest BCUT2D eigenvalue weighted by atomic mass is 10.0. The molecule has 0 radical (unpaired) electrons. The van der Waals surface area contributed by atoms with Crippen LogP contribution in [0.25, 0.3) is 11.0 Å². The van der Waals surface area contributed by atoms with E-state index in [1.54, 1.807) is 23.5 Å². The van der Waals surface area contributed by atoms with Gasteiger partial charge in [-0.1, -0.05) is 17.7 Å². The third-order valence-electron chi connectivity index (χ3n) is 5.79. The molecule has 8 nitrogen and oxygen atoms in total. The van der Waals surface area contributed by atoms with Crippen LogP contribution in [-0.2, 0) is 13.1 Å². The highest BCUT2D eigenvalue weighted by molar-refractivity contribution is 7.08. The van der Waals surface area contributed by atoms with Crippen molar-refractivity contribution >= 4 is 51.4 Å². The summed E-state index contributed by atoms with van der Waals surface area (Å²) >= 11 is 7.57. The molecule has 0 aliphatic carbocycles. The number of anilines is 2. The quantitative estimate of drug-likeness (QED) is 0.361. The molecule has 0 fully saturated rings. The monoisotopic (exact) mass is 490 g/mol. The second-order valence-electron chi connectivity index (χ2n) is 8.21. The molecule has 0 saturated heterocycles. The summed E-state index contributed by atoms with van der Waals surface area (Å²) in [5, 5.41) is 26.9. The van der Waals surface area contributed by atoms with Gasteiger partial charge in [0.25, 0.3) is 0 Å². The second kappa shape index (κ2) is 8.56. The molecule has 34 heavy (non-hydrogen) atoms. The molecular formula is C24H19ClN6O2S. The van der Waals surface area contributed by atoms with Crippen molar-refractivity contribution in [3.63, 3.8) is 0 Å². The van der Waals surface area contributed by atoms with E-state index in [9.17, 15) is 15.2 Å². The number of fused-ring (bicyclic) bond motifs is 2. The number of nitrogens with zero attached hydrogens (tertiary/aromatic N) is 5. The van der Waals surface area contributed by atoms with Gasteiger partial charge in [0.1, 0.15) is 11.2 Å². The van der Waals surface area contributed by atoms with Crippen LogP contribution in [-0.4, -0.2) is 26.0 Å². The van der Waals surface area contributed by atoms with Crippen LogP contribution in [0.4, 0.5) is 11.5 Å². The van der Waals surface area contributed by atoms with E-state index in [2.05, 4.69) is 37.0 Å². The molecule has 1 aromatic carbocycles. The van der Waals surface area contributed by atoms with Gasteiger partial charge in [0, 0.05) is 18.7 Å².